The highest BCUT2D eigenvalue weighted by Crippen LogP contribution is 2.10. The number of carbonyl (C=O) groups is 1. The minimum Gasteiger partial charge on any atom is -0.382 e. The van der Waals surface area contributed by atoms with Crippen LogP contribution in [0.15, 0.2) is 18.3 Å². The molecule has 0 unspecified atom stereocenters. The van der Waals surface area contributed by atoms with E-state index in [2.05, 4.69) is 10.3 Å². The van der Waals surface area contributed by atoms with E-state index < -0.39 is 0 Å². The molecule has 5 heteroatoms. The predicted molar refractivity (Wildman–Crippen MR) is 60.8 cm³/mol. The first-order valence-corrected chi connectivity index (χ1v) is 4.94. The summed E-state index contributed by atoms with van der Waals surface area (Å²) in [5, 5.41) is 11.8. The maximum Gasteiger partial charge on any atom is 0.223 e. The maximum atomic E-state index is 11.3. The summed E-state index contributed by atoms with van der Waals surface area (Å²) in [6.07, 6.45) is 1.96. The van der Waals surface area contributed by atoms with Gasteiger partial charge in [-0.3, -0.25) is 4.79 Å². The van der Waals surface area contributed by atoms with E-state index in [0.717, 1.165) is 0 Å². The van der Waals surface area contributed by atoms with E-state index >= 15 is 0 Å². The number of amides is 1. The first-order chi connectivity index (χ1) is 7.65. The number of carbonyl (C=O) groups excluding carboxylic acids is 1. The van der Waals surface area contributed by atoms with Crippen LogP contribution < -0.4 is 5.32 Å². The molecule has 0 aliphatic rings. The molecule has 0 spiro atoms. The lowest BCUT2D eigenvalue weighted by Gasteiger charge is -2.11. The van der Waals surface area contributed by atoms with Gasteiger partial charge in [0.15, 0.2) is 5.69 Å². The van der Waals surface area contributed by atoms with Crippen molar-refractivity contribution in [2.45, 2.75) is 6.42 Å². The molecule has 1 rings (SSSR count). The molecule has 84 valence electrons. The number of nitrogens with one attached hydrogen (secondary N) is 1. The number of nitrogens with zero attached hydrogens (tertiary/aromatic N) is 3. The van der Waals surface area contributed by atoms with Gasteiger partial charge in [0.05, 0.1) is 5.69 Å². The standard InChI is InChI=1S/C11H14N4O/c1-15(2)11(16)5-7-14-9-4-3-6-13-10(9)8-12/h3-4,6,14H,5,7H2,1-2H3. The quantitative estimate of drug-likeness (QED) is 0.813. The average molecular weight is 218 g/mol. The predicted octanol–water partition coefficient (Wildman–Crippen LogP) is 0.843. The van der Waals surface area contributed by atoms with E-state index in [1.165, 1.54) is 4.90 Å². The summed E-state index contributed by atoms with van der Waals surface area (Å²) >= 11 is 0. The highest BCUT2D eigenvalue weighted by molar-refractivity contribution is 5.76. The first kappa shape index (κ1) is 12.0. The van der Waals surface area contributed by atoms with Gasteiger partial charge >= 0.3 is 0 Å². The molecule has 0 saturated heterocycles. The zero-order valence-electron chi connectivity index (χ0n) is 9.40. The molecule has 1 heterocycles. The van der Waals surface area contributed by atoms with Gasteiger partial charge in [0.1, 0.15) is 6.07 Å². The zero-order valence-corrected chi connectivity index (χ0v) is 9.40. The van der Waals surface area contributed by atoms with Gasteiger partial charge in [-0.2, -0.15) is 5.26 Å². The largest absolute Gasteiger partial charge is 0.382 e. The van der Waals surface area contributed by atoms with Crippen molar-refractivity contribution < 1.29 is 4.79 Å². The Labute approximate surface area is 94.7 Å². The summed E-state index contributed by atoms with van der Waals surface area (Å²) in [7, 11) is 3.43. The molecule has 0 aromatic carbocycles. The fourth-order valence-electron chi connectivity index (χ4n) is 1.16. The third-order valence-electron chi connectivity index (χ3n) is 2.07. The normalized spacial score (nSPS) is 9.31. The Bertz CT molecular complexity index is 409. The van der Waals surface area contributed by atoms with E-state index in [4.69, 9.17) is 5.26 Å². The van der Waals surface area contributed by atoms with Crippen LogP contribution in [0.5, 0.6) is 0 Å². The van der Waals surface area contributed by atoms with Gasteiger partial charge in [-0.15, -0.1) is 0 Å². The fourth-order valence-corrected chi connectivity index (χ4v) is 1.16. The molecule has 0 aliphatic carbocycles. The SMILES string of the molecule is CN(C)C(=O)CCNc1cccnc1C#N. The average Bonchev–Trinajstić information content (AvgIpc) is 2.29. The van der Waals surface area contributed by atoms with Crippen molar-refractivity contribution in [2.24, 2.45) is 0 Å². The van der Waals surface area contributed by atoms with Gasteiger partial charge in [0, 0.05) is 33.3 Å². The van der Waals surface area contributed by atoms with E-state index in [1.807, 2.05) is 6.07 Å². The number of hydrogen-bond donors (Lipinski definition) is 1. The molecule has 0 fully saturated rings. The van der Waals surface area contributed by atoms with E-state index in [0.29, 0.717) is 24.3 Å². The number of anilines is 1. The van der Waals surface area contributed by atoms with Crippen LogP contribution in [-0.2, 0) is 4.79 Å². The number of pyridine rings is 1. The number of rotatable bonds is 4. The van der Waals surface area contributed by atoms with Gasteiger partial charge in [-0.1, -0.05) is 0 Å². The van der Waals surface area contributed by atoms with Crippen molar-refractivity contribution >= 4 is 11.6 Å². The summed E-state index contributed by atoms with van der Waals surface area (Å²) in [4.78, 5) is 16.7. The third kappa shape index (κ3) is 3.24. The summed E-state index contributed by atoms with van der Waals surface area (Å²) in [5.74, 6) is 0.0508. The van der Waals surface area contributed by atoms with Crippen molar-refractivity contribution in [1.82, 2.24) is 9.88 Å². The molecular formula is C11H14N4O. The third-order valence-corrected chi connectivity index (χ3v) is 2.07. The zero-order chi connectivity index (χ0) is 12.0. The van der Waals surface area contributed by atoms with Gasteiger partial charge in [0.2, 0.25) is 5.91 Å². The molecule has 1 aromatic heterocycles. The molecule has 16 heavy (non-hydrogen) atoms. The van der Waals surface area contributed by atoms with Crippen molar-refractivity contribution in [1.29, 1.82) is 5.26 Å². The van der Waals surface area contributed by atoms with Crippen molar-refractivity contribution in [3.8, 4) is 6.07 Å². The lowest BCUT2D eigenvalue weighted by Crippen LogP contribution is -2.24. The van der Waals surface area contributed by atoms with Crippen molar-refractivity contribution in [2.75, 3.05) is 26.0 Å². The molecule has 1 amide bonds. The van der Waals surface area contributed by atoms with Crippen LogP contribution >= 0.6 is 0 Å². The molecular weight excluding hydrogens is 204 g/mol. The van der Waals surface area contributed by atoms with E-state index in [-0.39, 0.29) is 5.91 Å². The van der Waals surface area contributed by atoms with Gasteiger partial charge in [0.25, 0.3) is 0 Å². The van der Waals surface area contributed by atoms with Crippen LogP contribution in [-0.4, -0.2) is 36.4 Å². The number of nitriles is 1. The van der Waals surface area contributed by atoms with Crippen molar-refractivity contribution in [3.63, 3.8) is 0 Å². The summed E-state index contributed by atoms with van der Waals surface area (Å²) in [5.41, 5.74) is 1.01. The van der Waals surface area contributed by atoms with Gasteiger partial charge in [-0.25, -0.2) is 4.98 Å². The van der Waals surface area contributed by atoms with Crippen molar-refractivity contribution in [3.05, 3.63) is 24.0 Å². The molecule has 0 bridgehead atoms. The highest BCUT2D eigenvalue weighted by Gasteiger charge is 2.05. The van der Waals surface area contributed by atoms with Crippen LogP contribution in [0, 0.1) is 11.3 Å². The second kappa shape index (κ2) is 5.71. The second-order valence-electron chi connectivity index (χ2n) is 3.48. The Kier molecular flexibility index (Phi) is 4.28. The minimum atomic E-state index is 0.0508. The molecule has 0 saturated carbocycles. The van der Waals surface area contributed by atoms with Crippen LogP contribution in [0.4, 0.5) is 5.69 Å². The van der Waals surface area contributed by atoms with Crippen LogP contribution in [0.1, 0.15) is 12.1 Å². The second-order valence-corrected chi connectivity index (χ2v) is 3.48. The van der Waals surface area contributed by atoms with E-state index in [1.54, 1.807) is 32.4 Å². The Balaban J connectivity index is 2.50. The van der Waals surface area contributed by atoms with Crippen LogP contribution in [0.25, 0.3) is 0 Å². The lowest BCUT2D eigenvalue weighted by molar-refractivity contribution is -0.128. The number of hydrogen-bond acceptors (Lipinski definition) is 4. The highest BCUT2D eigenvalue weighted by atomic mass is 16.2. The van der Waals surface area contributed by atoms with Crippen LogP contribution in [0.3, 0.4) is 0 Å². The molecule has 0 radical (unpaired) electrons. The molecule has 1 aromatic rings. The molecule has 5 nitrogen and oxygen atoms in total. The number of aromatic nitrogens is 1. The van der Waals surface area contributed by atoms with Gasteiger partial charge in [-0.05, 0) is 12.1 Å². The van der Waals surface area contributed by atoms with E-state index in [9.17, 15) is 4.79 Å². The molecule has 1 N–H and O–H groups in total. The summed E-state index contributed by atoms with van der Waals surface area (Å²) < 4.78 is 0. The van der Waals surface area contributed by atoms with Gasteiger partial charge < -0.3 is 10.2 Å². The Morgan fingerprint density at radius 2 is 2.38 bits per heavy atom. The fraction of sp³-hybridized carbons (Fsp3) is 0.364. The molecule has 0 atom stereocenters. The Hall–Kier alpha value is -2.09. The monoisotopic (exact) mass is 218 g/mol. The molecule has 0 aliphatic heterocycles. The first-order valence-electron chi connectivity index (χ1n) is 4.94. The lowest BCUT2D eigenvalue weighted by atomic mass is 10.3. The Morgan fingerprint density at radius 3 is 3.00 bits per heavy atom. The Morgan fingerprint density at radius 1 is 1.62 bits per heavy atom. The maximum absolute atomic E-state index is 11.3. The topological polar surface area (TPSA) is 69.0 Å². The summed E-state index contributed by atoms with van der Waals surface area (Å²) in [6.45, 7) is 0.497. The minimum absolute atomic E-state index is 0.0508. The van der Waals surface area contributed by atoms with Crippen LogP contribution in [0.2, 0.25) is 0 Å². The smallest absolute Gasteiger partial charge is 0.223 e. The summed E-state index contributed by atoms with van der Waals surface area (Å²) in [6, 6.07) is 5.50.